The molecule has 0 radical (unpaired) electrons. The number of aryl methyl sites for hydroxylation is 1. The molecule has 2 N–H and O–H groups in total. The van der Waals surface area contributed by atoms with Crippen LogP contribution in [0, 0.1) is 0 Å². The summed E-state index contributed by atoms with van der Waals surface area (Å²) in [5.41, 5.74) is 1.86. The lowest BCUT2D eigenvalue weighted by Gasteiger charge is -2.23. The standard InChI is InChI=1S/C15H19ClN4O/c1-2-8-20-13(9-12-15(21)18-7-6-17-12)19-11-5-3-4-10(16)14(11)20/h3-5,12,17H,2,6-9H2,1H3,(H,18,21). The van der Waals surface area contributed by atoms with Crippen LogP contribution < -0.4 is 10.6 Å². The summed E-state index contributed by atoms with van der Waals surface area (Å²) in [6, 6.07) is 5.53. The molecule has 0 bridgehead atoms. The Kier molecular flexibility index (Phi) is 4.12. The summed E-state index contributed by atoms with van der Waals surface area (Å²) >= 11 is 6.33. The molecule has 1 amide bonds. The second-order valence-electron chi connectivity index (χ2n) is 5.29. The summed E-state index contributed by atoms with van der Waals surface area (Å²) in [5.74, 6) is 0.956. The topological polar surface area (TPSA) is 59.0 Å². The molecule has 5 nitrogen and oxygen atoms in total. The van der Waals surface area contributed by atoms with Gasteiger partial charge in [-0.3, -0.25) is 4.79 Å². The third kappa shape index (κ3) is 2.76. The zero-order valence-corrected chi connectivity index (χ0v) is 12.8. The maximum Gasteiger partial charge on any atom is 0.237 e. The largest absolute Gasteiger partial charge is 0.353 e. The lowest BCUT2D eigenvalue weighted by Crippen LogP contribution is -2.54. The third-order valence-corrected chi connectivity index (χ3v) is 4.07. The van der Waals surface area contributed by atoms with E-state index in [9.17, 15) is 4.79 Å². The van der Waals surface area contributed by atoms with Gasteiger partial charge in [-0.1, -0.05) is 24.6 Å². The molecule has 0 saturated carbocycles. The van der Waals surface area contributed by atoms with Crippen LogP contribution in [-0.2, 0) is 17.8 Å². The molecule has 21 heavy (non-hydrogen) atoms. The molecule has 1 aliphatic rings. The number of nitrogens with zero attached hydrogens (tertiary/aromatic N) is 2. The summed E-state index contributed by atoms with van der Waals surface area (Å²) in [5, 5.41) is 6.84. The first-order chi connectivity index (χ1) is 10.2. The summed E-state index contributed by atoms with van der Waals surface area (Å²) < 4.78 is 2.14. The SMILES string of the molecule is CCCn1c(CC2NCCNC2=O)nc2cccc(Cl)c21. The number of benzene rings is 1. The minimum absolute atomic E-state index is 0.0439. The van der Waals surface area contributed by atoms with Gasteiger partial charge in [0.15, 0.2) is 0 Å². The molecule has 1 aromatic heterocycles. The van der Waals surface area contributed by atoms with E-state index < -0.39 is 0 Å². The summed E-state index contributed by atoms with van der Waals surface area (Å²) in [7, 11) is 0. The maximum absolute atomic E-state index is 11.9. The van der Waals surface area contributed by atoms with Crippen LogP contribution >= 0.6 is 11.6 Å². The second kappa shape index (κ2) is 6.03. The number of imidazole rings is 1. The highest BCUT2D eigenvalue weighted by Gasteiger charge is 2.24. The Morgan fingerprint density at radius 1 is 1.43 bits per heavy atom. The van der Waals surface area contributed by atoms with Crippen LogP contribution in [0.3, 0.4) is 0 Å². The molecular formula is C15H19ClN4O. The molecule has 3 rings (SSSR count). The Morgan fingerprint density at radius 2 is 2.29 bits per heavy atom. The zero-order chi connectivity index (χ0) is 14.8. The van der Waals surface area contributed by atoms with Gasteiger partial charge in [0, 0.05) is 26.1 Å². The van der Waals surface area contributed by atoms with Crippen molar-refractivity contribution in [3.05, 3.63) is 29.0 Å². The molecule has 2 heterocycles. The van der Waals surface area contributed by atoms with Crippen LogP contribution in [0.2, 0.25) is 5.02 Å². The number of carbonyl (C=O) groups excluding carboxylic acids is 1. The first kappa shape index (κ1) is 14.4. The van der Waals surface area contributed by atoms with Crippen molar-refractivity contribution in [2.24, 2.45) is 0 Å². The molecule has 1 aliphatic heterocycles. The number of amides is 1. The van der Waals surface area contributed by atoms with Crippen molar-refractivity contribution in [2.45, 2.75) is 32.4 Å². The van der Waals surface area contributed by atoms with Crippen LogP contribution in [0.1, 0.15) is 19.2 Å². The predicted molar refractivity (Wildman–Crippen MR) is 83.5 cm³/mol. The van der Waals surface area contributed by atoms with Crippen molar-refractivity contribution >= 4 is 28.5 Å². The van der Waals surface area contributed by atoms with Crippen molar-refractivity contribution < 1.29 is 4.79 Å². The molecule has 0 aliphatic carbocycles. The summed E-state index contributed by atoms with van der Waals surface area (Å²) in [6.45, 7) is 4.46. The summed E-state index contributed by atoms with van der Waals surface area (Å²) in [6.07, 6.45) is 1.57. The Labute approximate surface area is 128 Å². The number of hydrogen-bond acceptors (Lipinski definition) is 3. The second-order valence-corrected chi connectivity index (χ2v) is 5.70. The van der Waals surface area contributed by atoms with Crippen molar-refractivity contribution in [3.63, 3.8) is 0 Å². The average molecular weight is 307 g/mol. The van der Waals surface area contributed by atoms with Gasteiger partial charge in [0.05, 0.1) is 22.1 Å². The van der Waals surface area contributed by atoms with E-state index in [2.05, 4.69) is 27.1 Å². The molecule has 1 atom stereocenters. The highest BCUT2D eigenvalue weighted by Crippen LogP contribution is 2.25. The monoisotopic (exact) mass is 306 g/mol. The van der Waals surface area contributed by atoms with Crippen molar-refractivity contribution in [2.75, 3.05) is 13.1 Å². The Bertz CT molecular complexity index is 667. The molecular weight excluding hydrogens is 288 g/mol. The van der Waals surface area contributed by atoms with Crippen LogP contribution in [0.5, 0.6) is 0 Å². The summed E-state index contributed by atoms with van der Waals surface area (Å²) in [4.78, 5) is 16.6. The number of halogens is 1. The number of carbonyl (C=O) groups is 1. The number of para-hydroxylation sites is 1. The van der Waals surface area contributed by atoms with E-state index in [1.54, 1.807) is 0 Å². The Morgan fingerprint density at radius 3 is 3.05 bits per heavy atom. The van der Waals surface area contributed by atoms with E-state index in [-0.39, 0.29) is 11.9 Å². The molecule has 2 aromatic rings. The number of hydrogen-bond donors (Lipinski definition) is 2. The van der Waals surface area contributed by atoms with Crippen molar-refractivity contribution in [1.82, 2.24) is 20.2 Å². The smallest absolute Gasteiger partial charge is 0.237 e. The van der Waals surface area contributed by atoms with E-state index in [1.165, 1.54) is 0 Å². The van der Waals surface area contributed by atoms with E-state index in [0.29, 0.717) is 18.0 Å². The lowest BCUT2D eigenvalue weighted by atomic mass is 10.1. The Hall–Kier alpha value is -1.59. The van der Waals surface area contributed by atoms with Gasteiger partial charge in [0.1, 0.15) is 5.82 Å². The van der Waals surface area contributed by atoms with Gasteiger partial charge in [-0.15, -0.1) is 0 Å². The van der Waals surface area contributed by atoms with E-state index >= 15 is 0 Å². The van der Waals surface area contributed by atoms with E-state index in [1.807, 2.05) is 18.2 Å². The highest BCUT2D eigenvalue weighted by atomic mass is 35.5. The fraction of sp³-hybridized carbons (Fsp3) is 0.467. The molecule has 112 valence electrons. The fourth-order valence-electron chi connectivity index (χ4n) is 2.81. The van der Waals surface area contributed by atoms with Crippen LogP contribution in [-0.4, -0.2) is 34.6 Å². The number of nitrogens with one attached hydrogen (secondary N) is 2. The average Bonchev–Trinajstić information content (AvgIpc) is 2.81. The van der Waals surface area contributed by atoms with Gasteiger partial charge in [-0.25, -0.2) is 4.98 Å². The van der Waals surface area contributed by atoms with Gasteiger partial charge in [-0.05, 0) is 18.6 Å². The van der Waals surface area contributed by atoms with E-state index in [4.69, 9.17) is 11.6 Å². The number of rotatable bonds is 4. The number of aromatic nitrogens is 2. The first-order valence-electron chi connectivity index (χ1n) is 7.35. The molecule has 1 unspecified atom stereocenters. The van der Waals surface area contributed by atoms with Gasteiger partial charge < -0.3 is 15.2 Å². The van der Waals surface area contributed by atoms with Crippen molar-refractivity contribution in [1.29, 1.82) is 0 Å². The Balaban J connectivity index is 1.99. The lowest BCUT2D eigenvalue weighted by molar-refractivity contribution is -0.124. The minimum atomic E-state index is -0.218. The maximum atomic E-state index is 11.9. The molecule has 1 saturated heterocycles. The molecule has 1 aromatic carbocycles. The highest BCUT2D eigenvalue weighted by molar-refractivity contribution is 6.35. The molecule has 6 heteroatoms. The van der Waals surface area contributed by atoms with Crippen LogP contribution in [0.4, 0.5) is 0 Å². The normalized spacial score (nSPS) is 19.0. The minimum Gasteiger partial charge on any atom is -0.353 e. The zero-order valence-electron chi connectivity index (χ0n) is 12.0. The fourth-order valence-corrected chi connectivity index (χ4v) is 3.08. The van der Waals surface area contributed by atoms with Crippen molar-refractivity contribution in [3.8, 4) is 0 Å². The van der Waals surface area contributed by atoms with E-state index in [0.717, 1.165) is 36.4 Å². The number of fused-ring (bicyclic) bond motifs is 1. The van der Waals surface area contributed by atoms with Crippen LogP contribution in [0.15, 0.2) is 18.2 Å². The van der Waals surface area contributed by atoms with Gasteiger partial charge in [-0.2, -0.15) is 0 Å². The number of piperazine rings is 1. The molecule has 1 fully saturated rings. The van der Waals surface area contributed by atoms with Gasteiger partial charge >= 0.3 is 0 Å². The van der Waals surface area contributed by atoms with Gasteiger partial charge in [0.25, 0.3) is 0 Å². The quantitative estimate of drug-likeness (QED) is 0.904. The first-order valence-corrected chi connectivity index (χ1v) is 7.73. The predicted octanol–water partition coefficient (Wildman–Crippen LogP) is 1.73. The van der Waals surface area contributed by atoms with Gasteiger partial charge in [0.2, 0.25) is 5.91 Å². The molecule has 0 spiro atoms. The van der Waals surface area contributed by atoms with Crippen LogP contribution in [0.25, 0.3) is 11.0 Å². The third-order valence-electron chi connectivity index (χ3n) is 3.76.